The van der Waals surface area contributed by atoms with Crippen LogP contribution in [0.5, 0.6) is 0 Å². The van der Waals surface area contributed by atoms with E-state index in [1.807, 2.05) is 69.3 Å². The van der Waals surface area contributed by atoms with Gasteiger partial charge in [-0.1, -0.05) is 47.5 Å². The molecule has 2 aromatic carbocycles. The molecule has 0 radical (unpaired) electrons. The molecule has 2 heterocycles. The van der Waals surface area contributed by atoms with Crippen LogP contribution in [0.25, 0.3) is 11.3 Å². The van der Waals surface area contributed by atoms with Crippen molar-refractivity contribution >= 4 is 17.5 Å². The molecule has 7 nitrogen and oxygen atoms in total. The van der Waals surface area contributed by atoms with Gasteiger partial charge in [0.1, 0.15) is 5.69 Å². The summed E-state index contributed by atoms with van der Waals surface area (Å²) >= 11 is 0. The number of aliphatic hydroxyl groups excluding tert-OH is 1. The van der Waals surface area contributed by atoms with Crippen LogP contribution in [0.2, 0.25) is 0 Å². The maximum Gasteiger partial charge on any atom is 0.268 e. The van der Waals surface area contributed by atoms with Crippen molar-refractivity contribution < 1.29 is 9.90 Å². The summed E-state index contributed by atoms with van der Waals surface area (Å²) in [7, 11) is 0. The highest BCUT2D eigenvalue weighted by Crippen LogP contribution is 2.24. The van der Waals surface area contributed by atoms with E-state index in [1.165, 1.54) is 5.56 Å². The molecule has 4 aromatic rings. The first kappa shape index (κ1) is 22.2. The summed E-state index contributed by atoms with van der Waals surface area (Å²) in [6, 6.07) is 17.0. The lowest BCUT2D eigenvalue weighted by Crippen LogP contribution is -2.31. The Labute approximate surface area is 192 Å². The van der Waals surface area contributed by atoms with Crippen LogP contribution in [-0.4, -0.2) is 32.6 Å². The molecule has 4 rings (SSSR count). The quantitative estimate of drug-likeness (QED) is 0.336. The van der Waals surface area contributed by atoms with Crippen molar-refractivity contribution in [3.05, 3.63) is 94.9 Å². The van der Waals surface area contributed by atoms with E-state index < -0.39 is 6.04 Å². The molecule has 168 valence electrons. The van der Waals surface area contributed by atoms with Gasteiger partial charge in [-0.3, -0.25) is 4.79 Å². The number of hydrogen-bond acceptors (Lipinski definition) is 5. The Morgan fingerprint density at radius 3 is 2.58 bits per heavy atom. The van der Waals surface area contributed by atoms with Crippen molar-refractivity contribution in [3.8, 4) is 11.3 Å². The third-order valence-corrected chi connectivity index (χ3v) is 5.41. The lowest BCUT2D eigenvalue weighted by molar-refractivity contribution is 0.0911. The van der Waals surface area contributed by atoms with Gasteiger partial charge in [-0.2, -0.15) is 0 Å². The summed E-state index contributed by atoms with van der Waals surface area (Å²) in [5.41, 5.74) is 6.79. The maximum atomic E-state index is 12.8. The highest BCUT2D eigenvalue weighted by Gasteiger charge is 2.18. The molecule has 2 aromatic heterocycles. The largest absolute Gasteiger partial charge is 0.394 e. The number of hydrogen-bond donors (Lipinski definition) is 4. The molecule has 0 spiro atoms. The van der Waals surface area contributed by atoms with E-state index in [9.17, 15) is 9.90 Å². The van der Waals surface area contributed by atoms with Crippen LogP contribution < -0.4 is 10.6 Å². The van der Waals surface area contributed by atoms with Crippen LogP contribution in [0.15, 0.2) is 67.0 Å². The van der Waals surface area contributed by atoms with Crippen molar-refractivity contribution in [1.82, 2.24) is 20.3 Å². The van der Waals surface area contributed by atoms with E-state index >= 15 is 0 Å². The average molecular weight is 442 g/mol. The molecule has 0 aliphatic heterocycles. The molecule has 0 saturated heterocycles. The van der Waals surface area contributed by atoms with E-state index in [2.05, 4.69) is 25.6 Å². The lowest BCUT2D eigenvalue weighted by Gasteiger charge is -2.16. The Hall–Kier alpha value is -3.97. The predicted molar refractivity (Wildman–Crippen MR) is 129 cm³/mol. The second-order valence-corrected chi connectivity index (χ2v) is 8.14. The molecule has 0 fully saturated rings. The third-order valence-electron chi connectivity index (χ3n) is 5.41. The number of carbonyl (C=O) groups excluding carboxylic acids is 1. The van der Waals surface area contributed by atoms with Gasteiger partial charge >= 0.3 is 0 Å². The van der Waals surface area contributed by atoms with Gasteiger partial charge in [-0.05, 0) is 50.1 Å². The molecule has 0 unspecified atom stereocenters. The zero-order valence-electron chi connectivity index (χ0n) is 18.9. The van der Waals surface area contributed by atoms with Crippen LogP contribution in [-0.2, 0) is 0 Å². The summed E-state index contributed by atoms with van der Waals surface area (Å²) in [5, 5.41) is 15.9. The van der Waals surface area contributed by atoms with Crippen LogP contribution in [0.3, 0.4) is 0 Å². The topological polar surface area (TPSA) is 103 Å². The molecule has 4 N–H and O–H groups in total. The predicted octanol–water partition coefficient (Wildman–Crippen LogP) is 4.60. The molecule has 0 aliphatic carbocycles. The van der Waals surface area contributed by atoms with Crippen molar-refractivity contribution in [2.75, 3.05) is 11.9 Å². The van der Waals surface area contributed by atoms with E-state index in [-0.39, 0.29) is 12.5 Å². The minimum absolute atomic E-state index is 0.193. The number of carbonyl (C=O) groups is 1. The fourth-order valence-electron chi connectivity index (χ4n) is 3.58. The first-order valence-electron chi connectivity index (χ1n) is 10.8. The van der Waals surface area contributed by atoms with Crippen molar-refractivity contribution in [3.63, 3.8) is 0 Å². The number of benzene rings is 2. The molecule has 1 amide bonds. The minimum atomic E-state index is -0.491. The number of nitrogens with zero attached hydrogens (tertiary/aromatic N) is 2. The van der Waals surface area contributed by atoms with Crippen LogP contribution >= 0.6 is 0 Å². The normalized spacial score (nSPS) is 11.8. The monoisotopic (exact) mass is 441 g/mol. The first-order valence-corrected chi connectivity index (χ1v) is 10.8. The third kappa shape index (κ3) is 5.27. The van der Waals surface area contributed by atoms with Gasteiger partial charge in [-0.15, -0.1) is 0 Å². The summed E-state index contributed by atoms with van der Waals surface area (Å²) in [6.45, 7) is 5.75. The van der Waals surface area contributed by atoms with Crippen LogP contribution in [0.4, 0.5) is 11.6 Å². The number of amides is 1. The minimum Gasteiger partial charge on any atom is -0.394 e. The van der Waals surface area contributed by atoms with Crippen LogP contribution in [0, 0.1) is 20.8 Å². The van der Waals surface area contributed by atoms with Crippen LogP contribution in [0.1, 0.15) is 38.8 Å². The number of aryl methyl sites for hydroxylation is 3. The van der Waals surface area contributed by atoms with E-state index in [4.69, 9.17) is 0 Å². The second kappa shape index (κ2) is 9.67. The molecule has 0 bridgehead atoms. The first-order chi connectivity index (χ1) is 15.9. The zero-order valence-corrected chi connectivity index (χ0v) is 18.9. The fraction of sp³-hybridized carbons (Fsp3) is 0.192. The maximum absolute atomic E-state index is 12.8. The van der Waals surface area contributed by atoms with Gasteiger partial charge in [0.15, 0.2) is 0 Å². The number of aromatic amines is 1. The Balaban J connectivity index is 1.52. The van der Waals surface area contributed by atoms with Gasteiger partial charge in [-0.25, -0.2) is 9.97 Å². The Kier molecular flexibility index (Phi) is 6.51. The average Bonchev–Trinajstić information content (AvgIpc) is 3.30. The van der Waals surface area contributed by atoms with E-state index in [0.29, 0.717) is 11.6 Å². The molecule has 0 saturated carbocycles. The van der Waals surface area contributed by atoms with Gasteiger partial charge in [0, 0.05) is 23.6 Å². The summed E-state index contributed by atoms with van der Waals surface area (Å²) in [6.07, 6.45) is 3.51. The summed E-state index contributed by atoms with van der Waals surface area (Å²) < 4.78 is 0. The molecular formula is C26H27N5O2. The molecule has 1 atom stereocenters. The summed E-state index contributed by atoms with van der Waals surface area (Å²) in [5.74, 6) is 0.179. The SMILES string of the molecule is Cc1ccc(Nc2ncc(C)c(-c3c[nH]c(C(=O)N[C@H](CO)c4cccc(C)c4)c3)n2)cc1. The summed E-state index contributed by atoms with van der Waals surface area (Å²) in [4.78, 5) is 24.9. The highest BCUT2D eigenvalue weighted by atomic mass is 16.3. The van der Waals surface area contributed by atoms with Gasteiger partial charge < -0.3 is 20.7 Å². The number of rotatable bonds is 7. The number of anilines is 2. The Morgan fingerprint density at radius 2 is 1.85 bits per heavy atom. The van der Waals surface area contributed by atoms with Crippen molar-refractivity contribution in [2.45, 2.75) is 26.8 Å². The number of aliphatic hydroxyl groups is 1. The smallest absolute Gasteiger partial charge is 0.268 e. The van der Waals surface area contributed by atoms with Crippen molar-refractivity contribution in [2.24, 2.45) is 0 Å². The molecular weight excluding hydrogens is 414 g/mol. The standard InChI is InChI=1S/C26H27N5O2/c1-16-7-9-21(10-8-16)29-26-28-13-18(3)24(31-26)20-12-22(27-14-20)25(33)30-23(15-32)19-6-4-5-17(2)11-19/h4-14,23,27,32H,15H2,1-3H3,(H,30,33)(H,28,29,31)/t23-/m1/s1. The Morgan fingerprint density at radius 1 is 1.06 bits per heavy atom. The van der Waals surface area contributed by atoms with Gasteiger partial charge in [0.05, 0.1) is 18.3 Å². The number of H-pyrrole nitrogens is 1. The molecule has 0 aliphatic rings. The number of nitrogens with one attached hydrogen (secondary N) is 3. The second-order valence-electron chi connectivity index (χ2n) is 8.14. The van der Waals surface area contributed by atoms with Crippen molar-refractivity contribution in [1.29, 1.82) is 0 Å². The lowest BCUT2D eigenvalue weighted by atomic mass is 10.0. The fourth-order valence-corrected chi connectivity index (χ4v) is 3.58. The van der Waals surface area contributed by atoms with E-state index in [0.717, 1.165) is 33.6 Å². The zero-order chi connectivity index (χ0) is 23.4. The van der Waals surface area contributed by atoms with Gasteiger partial charge in [0.2, 0.25) is 5.95 Å². The molecule has 33 heavy (non-hydrogen) atoms. The van der Waals surface area contributed by atoms with E-state index in [1.54, 1.807) is 18.5 Å². The molecule has 7 heteroatoms. The Bertz CT molecular complexity index is 1260. The highest BCUT2D eigenvalue weighted by molar-refractivity contribution is 5.94. The van der Waals surface area contributed by atoms with Gasteiger partial charge in [0.25, 0.3) is 5.91 Å². The number of aromatic nitrogens is 3.